The van der Waals surface area contributed by atoms with Crippen LogP contribution in [0, 0.1) is 0 Å². The van der Waals surface area contributed by atoms with Crippen LogP contribution < -0.4 is 9.47 Å². The number of ether oxygens (including phenoxy) is 2. The van der Waals surface area contributed by atoms with Gasteiger partial charge in [0.2, 0.25) is 5.88 Å². The van der Waals surface area contributed by atoms with Crippen LogP contribution >= 0.6 is 11.6 Å². The fourth-order valence-corrected chi connectivity index (χ4v) is 1.95. The highest BCUT2D eigenvalue weighted by molar-refractivity contribution is 6.29. The molecule has 0 spiro atoms. The smallest absolute Gasteiger partial charge is 0.256 e. The van der Waals surface area contributed by atoms with Crippen LogP contribution in [0.15, 0.2) is 36.7 Å². The van der Waals surface area contributed by atoms with Crippen LogP contribution in [0.2, 0.25) is 5.15 Å². The van der Waals surface area contributed by atoms with Gasteiger partial charge in [-0.25, -0.2) is 0 Å². The van der Waals surface area contributed by atoms with Crippen molar-refractivity contribution in [3.05, 3.63) is 47.4 Å². The number of halogens is 1. The molecule has 0 fully saturated rings. The van der Waals surface area contributed by atoms with Crippen LogP contribution in [0.3, 0.4) is 0 Å². The van der Waals surface area contributed by atoms with Crippen LogP contribution in [-0.2, 0) is 6.61 Å². The zero-order valence-corrected chi connectivity index (χ0v) is 11.4. The lowest BCUT2D eigenvalue weighted by Gasteiger charge is -2.08. The SMILES string of the molecule is COc1cccc(COc2cc(Cl)nc3ncnn23)c1. The Bertz CT molecular complexity index is 744. The molecule has 0 radical (unpaired) electrons. The number of hydrogen-bond acceptors (Lipinski definition) is 5. The molecule has 0 aliphatic rings. The van der Waals surface area contributed by atoms with Crippen molar-refractivity contribution in [1.29, 1.82) is 0 Å². The van der Waals surface area contributed by atoms with Crippen molar-refractivity contribution < 1.29 is 9.47 Å². The molecule has 0 unspecified atom stereocenters. The Morgan fingerprint density at radius 1 is 1.30 bits per heavy atom. The molecular weight excluding hydrogens is 280 g/mol. The van der Waals surface area contributed by atoms with Gasteiger partial charge in [0.15, 0.2) is 0 Å². The molecule has 0 amide bonds. The minimum atomic E-state index is 0.311. The number of hydrogen-bond donors (Lipinski definition) is 0. The van der Waals surface area contributed by atoms with E-state index in [0.29, 0.717) is 23.4 Å². The first-order valence-corrected chi connectivity index (χ1v) is 6.26. The van der Waals surface area contributed by atoms with E-state index in [1.165, 1.54) is 10.8 Å². The molecule has 3 aromatic rings. The van der Waals surface area contributed by atoms with Gasteiger partial charge < -0.3 is 9.47 Å². The lowest BCUT2D eigenvalue weighted by atomic mass is 10.2. The second-order valence-electron chi connectivity index (χ2n) is 4.03. The third-order valence-electron chi connectivity index (χ3n) is 2.71. The van der Waals surface area contributed by atoms with Gasteiger partial charge in [-0.1, -0.05) is 23.7 Å². The molecule has 0 bridgehead atoms. The maximum Gasteiger partial charge on any atom is 0.256 e. The van der Waals surface area contributed by atoms with E-state index in [4.69, 9.17) is 21.1 Å². The van der Waals surface area contributed by atoms with Crippen molar-refractivity contribution in [1.82, 2.24) is 19.6 Å². The average Bonchev–Trinajstić information content (AvgIpc) is 2.93. The molecule has 0 N–H and O–H groups in total. The Balaban J connectivity index is 1.84. The number of benzene rings is 1. The summed E-state index contributed by atoms with van der Waals surface area (Å²) in [5.74, 6) is 1.67. The van der Waals surface area contributed by atoms with E-state index in [-0.39, 0.29) is 0 Å². The zero-order chi connectivity index (χ0) is 13.9. The van der Waals surface area contributed by atoms with Gasteiger partial charge in [0.05, 0.1) is 7.11 Å². The molecule has 0 saturated heterocycles. The van der Waals surface area contributed by atoms with Crippen molar-refractivity contribution in [2.24, 2.45) is 0 Å². The summed E-state index contributed by atoms with van der Waals surface area (Å²) >= 11 is 5.92. The fraction of sp³-hybridized carbons (Fsp3) is 0.154. The van der Waals surface area contributed by atoms with Gasteiger partial charge in [0, 0.05) is 6.07 Å². The molecule has 2 heterocycles. The van der Waals surface area contributed by atoms with E-state index >= 15 is 0 Å². The van der Waals surface area contributed by atoms with E-state index < -0.39 is 0 Å². The maximum absolute atomic E-state index is 5.92. The molecule has 7 heteroatoms. The van der Waals surface area contributed by atoms with Gasteiger partial charge in [-0.05, 0) is 17.7 Å². The van der Waals surface area contributed by atoms with Crippen molar-refractivity contribution in [2.45, 2.75) is 6.61 Å². The Kier molecular flexibility index (Phi) is 3.39. The summed E-state index contributed by atoms with van der Waals surface area (Å²) in [6.45, 7) is 0.368. The zero-order valence-electron chi connectivity index (χ0n) is 10.7. The van der Waals surface area contributed by atoms with E-state index in [0.717, 1.165) is 11.3 Å². The van der Waals surface area contributed by atoms with Crippen molar-refractivity contribution in [3.63, 3.8) is 0 Å². The number of rotatable bonds is 4. The number of aromatic nitrogens is 4. The van der Waals surface area contributed by atoms with Crippen LogP contribution in [-0.4, -0.2) is 26.7 Å². The number of fused-ring (bicyclic) bond motifs is 1. The summed E-state index contributed by atoms with van der Waals surface area (Å²) in [7, 11) is 1.63. The number of nitrogens with zero attached hydrogens (tertiary/aromatic N) is 4. The van der Waals surface area contributed by atoms with Gasteiger partial charge in [-0.2, -0.15) is 19.6 Å². The van der Waals surface area contributed by atoms with E-state index in [1.807, 2.05) is 24.3 Å². The summed E-state index contributed by atoms with van der Waals surface area (Å²) in [5, 5.41) is 4.35. The predicted octanol–water partition coefficient (Wildman–Crippen LogP) is 2.37. The second-order valence-corrected chi connectivity index (χ2v) is 4.42. The highest BCUT2D eigenvalue weighted by Gasteiger charge is 2.08. The van der Waals surface area contributed by atoms with Crippen molar-refractivity contribution in [2.75, 3.05) is 7.11 Å². The Hall–Kier alpha value is -2.34. The lowest BCUT2D eigenvalue weighted by molar-refractivity contribution is 0.284. The topological polar surface area (TPSA) is 61.5 Å². The average molecular weight is 291 g/mol. The summed E-state index contributed by atoms with van der Waals surface area (Å²) in [5.41, 5.74) is 0.977. The van der Waals surface area contributed by atoms with Crippen molar-refractivity contribution >= 4 is 17.4 Å². The summed E-state index contributed by atoms with van der Waals surface area (Å²) in [6, 6.07) is 9.24. The molecule has 102 valence electrons. The first kappa shape index (κ1) is 12.7. The molecule has 0 aliphatic heterocycles. The maximum atomic E-state index is 5.92. The number of methoxy groups -OCH3 is 1. The predicted molar refractivity (Wildman–Crippen MR) is 73.1 cm³/mol. The first-order valence-electron chi connectivity index (χ1n) is 5.88. The first-order chi connectivity index (χ1) is 9.76. The molecule has 6 nitrogen and oxygen atoms in total. The van der Waals surface area contributed by atoms with E-state index in [2.05, 4.69) is 15.1 Å². The second kappa shape index (κ2) is 5.34. The molecule has 0 saturated carbocycles. The standard InChI is InChI=1S/C13H11ClN4O2/c1-19-10-4-2-3-9(5-10)7-20-12-6-11(14)17-13-15-8-16-18(12)13/h2-6,8H,7H2,1H3. The van der Waals surface area contributed by atoms with Gasteiger partial charge in [-0.3, -0.25) is 0 Å². The quantitative estimate of drug-likeness (QED) is 0.690. The third-order valence-corrected chi connectivity index (χ3v) is 2.90. The van der Waals surface area contributed by atoms with Crippen molar-refractivity contribution in [3.8, 4) is 11.6 Å². The summed E-state index contributed by atoms with van der Waals surface area (Å²) < 4.78 is 12.4. The molecular formula is C13H11ClN4O2. The monoisotopic (exact) mass is 290 g/mol. The molecule has 0 atom stereocenters. The Morgan fingerprint density at radius 2 is 2.20 bits per heavy atom. The summed E-state index contributed by atoms with van der Waals surface area (Å²) in [6.07, 6.45) is 1.40. The highest BCUT2D eigenvalue weighted by Crippen LogP contribution is 2.19. The van der Waals surface area contributed by atoms with Gasteiger partial charge in [0.25, 0.3) is 5.78 Å². The summed E-state index contributed by atoms with van der Waals surface area (Å²) in [4.78, 5) is 8.01. The van der Waals surface area contributed by atoms with Crippen LogP contribution in [0.5, 0.6) is 11.6 Å². The molecule has 0 aliphatic carbocycles. The van der Waals surface area contributed by atoms with E-state index in [1.54, 1.807) is 13.2 Å². The Labute approximate surface area is 119 Å². The van der Waals surface area contributed by atoms with Gasteiger partial charge in [0.1, 0.15) is 23.8 Å². The molecule has 20 heavy (non-hydrogen) atoms. The normalized spacial score (nSPS) is 10.7. The molecule has 1 aromatic carbocycles. The lowest BCUT2D eigenvalue weighted by Crippen LogP contribution is -2.03. The van der Waals surface area contributed by atoms with Gasteiger partial charge in [-0.15, -0.1) is 0 Å². The minimum absolute atomic E-state index is 0.311. The van der Waals surface area contributed by atoms with Crippen LogP contribution in [0.1, 0.15) is 5.56 Å². The Morgan fingerprint density at radius 3 is 3.05 bits per heavy atom. The minimum Gasteiger partial charge on any atom is -0.497 e. The molecule has 3 rings (SSSR count). The van der Waals surface area contributed by atoms with E-state index in [9.17, 15) is 0 Å². The highest BCUT2D eigenvalue weighted by atomic mass is 35.5. The fourth-order valence-electron chi connectivity index (χ4n) is 1.78. The van der Waals surface area contributed by atoms with Gasteiger partial charge >= 0.3 is 0 Å². The van der Waals surface area contributed by atoms with Crippen LogP contribution in [0.25, 0.3) is 5.78 Å². The largest absolute Gasteiger partial charge is 0.497 e. The van der Waals surface area contributed by atoms with Crippen LogP contribution in [0.4, 0.5) is 0 Å². The third kappa shape index (κ3) is 2.50. The molecule has 2 aromatic heterocycles.